The summed E-state index contributed by atoms with van der Waals surface area (Å²) in [5.74, 6) is -1.15. The molecule has 2 aromatic rings. The lowest BCUT2D eigenvalue weighted by Crippen LogP contribution is -2.32. The average Bonchev–Trinajstić information content (AvgIpc) is 2.43. The molecule has 0 bridgehead atoms. The molecule has 0 saturated heterocycles. The Balaban J connectivity index is 2.19. The molecule has 0 atom stereocenters. The topological polar surface area (TPSA) is 97.1 Å². The van der Waals surface area contributed by atoms with E-state index in [0.29, 0.717) is 11.1 Å². The Kier molecular flexibility index (Phi) is 4.40. The first-order chi connectivity index (χ1) is 10.7. The van der Waals surface area contributed by atoms with Crippen LogP contribution in [-0.2, 0) is 11.3 Å². The van der Waals surface area contributed by atoms with E-state index in [1.165, 1.54) is 10.5 Å². The maximum atomic E-state index is 12.0. The van der Waals surface area contributed by atoms with Gasteiger partial charge in [-0.05, 0) is 38.5 Å². The molecule has 0 radical (unpaired) electrons. The highest BCUT2D eigenvalue weighted by Gasteiger charge is 2.15. The quantitative estimate of drug-likeness (QED) is 0.902. The van der Waals surface area contributed by atoms with Crippen molar-refractivity contribution in [3.8, 4) is 0 Å². The molecule has 0 fully saturated rings. The number of fused-ring (bicyclic) bond motifs is 1. The monoisotopic (exact) mass is 318 g/mol. The van der Waals surface area contributed by atoms with Crippen LogP contribution in [-0.4, -0.2) is 27.2 Å². The number of nitrogens with zero attached hydrogens (tertiary/aromatic N) is 1. The minimum absolute atomic E-state index is 0.0605. The second-order valence-electron chi connectivity index (χ2n) is 6.08. The zero-order chi connectivity index (χ0) is 17.2. The third-order valence-corrected chi connectivity index (χ3v) is 2.94. The maximum Gasteiger partial charge on any atom is 0.407 e. The van der Waals surface area contributed by atoms with Gasteiger partial charge in [0, 0.05) is 24.3 Å². The van der Waals surface area contributed by atoms with E-state index < -0.39 is 23.2 Å². The van der Waals surface area contributed by atoms with E-state index in [-0.39, 0.29) is 12.1 Å². The number of pyridine rings is 2. The molecule has 7 nitrogen and oxygen atoms in total. The molecule has 2 N–H and O–H groups in total. The summed E-state index contributed by atoms with van der Waals surface area (Å²) in [4.78, 5) is 34.5. The van der Waals surface area contributed by atoms with Gasteiger partial charge in [-0.15, -0.1) is 0 Å². The van der Waals surface area contributed by atoms with Gasteiger partial charge in [0.1, 0.15) is 5.60 Å². The smallest absolute Gasteiger partial charge is 0.407 e. The van der Waals surface area contributed by atoms with Gasteiger partial charge in [-0.3, -0.25) is 9.20 Å². The highest BCUT2D eigenvalue weighted by Crippen LogP contribution is 2.09. The molecule has 2 aromatic heterocycles. The summed E-state index contributed by atoms with van der Waals surface area (Å²) in [5, 5.41) is 11.6. The van der Waals surface area contributed by atoms with Gasteiger partial charge in [0.15, 0.2) is 0 Å². The molecule has 0 unspecified atom stereocenters. The van der Waals surface area contributed by atoms with Gasteiger partial charge in [0.25, 0.3) is 5.56 Å². The zero-order valence-corrected chi connectivity index (χ0v) is 13.1. The van der Waals surface area contributed by atoms with E-state index in [4.69, 9.17) is 9.84 Å². The van der Waals surface area contributed by atoms with Crippen LogP contribution < -0.4 is 10.9 Å². The number of rotatable bonds is 3. The van der Waals surface area contributed by atoms with E-state index >= 15 is 0 Å². The number of nitrogens with one attached hydrogen (secondary N) is 1. The van der Waals surface area contributed by atoms with Crippen molar-refractivity contribution in [1.29, 1.82) is 0 Å². The number of aromatic carboxylic acids is 1. The molecule has 23 heavy (non-hydrogen) atoms. The summed E-state index contributed by atoms with van der Waals surface area (Å²) in [5.41, 5.74) is 0.0653. The number of alkyl carbamates (subject to hydrolysis) is 1. The lowest BCUT2D eigenvalue weighted by molar-refractivity contribution is 0.0523. The minimum atomic E-state index is -1.15. The van der Waals surface area contributed by atoms with Gasteiger partial charge < -0.3 is 15.2 Å². The highest BCUT2D eigenvalue weighted by molar-refractivity contribution is 5.88. The van der Waals surface area contributed by atoms with Crippen LogP contribution in [0.15, 0.2) is 35.3 Å². The number of amides is 1. The average molecular weight is 318 g/mol. The van der Waals surface area contributed by atoms with E-state index in [2.05, 4.69) is 5.32 Å². The molecular formula is C16H18N2O5. The number of carbonyl (C=O) groups is 2. The van der Waals surface area contributed by atoms with Crippen LogP contribution in [0.5, 0.6) is 0 Å². The van der Waals surface area contributed by atoms with Gasteiger partial charge in [0.05, 0.1) is 5.56 Å². The predicted octanol–water partition coefficient (Wildman–Crippen LogP) is 2.02. The van der Waals surface area contributed by atoms with Gasteiger partial charge in [-0.25, -0.2) is 9.59 Å². The molecule has 0 aliphatic rings. The van der Waals surface area contributed by atoms with E-state index in [9.17, 15) is 14.4 Å². The SMILES string of the molecule is CC(C)(C)OC(=O)NCc1ccc2cc(C(=O)O)cc(=O)n2c1. The number of carbonyl (C=O) groups excluding carboxylic acids is 1. The fourth-order valence-corrected chi connectivity index (χ4v) is 1.98. The number of hydrogen-bond donors (Lipinski definition) is 2. The molecule has 122 valence electrons. The Morgan fingerprint density at radius 3 is 2.57 bits per heavy atom. The standard InChI is InChI=1S/C16H18N2O5/c1-16(2,3)23-15(22)17-8-10-4-5-12-6-11(14(20)21)7-13(19)18(12)9-10/h4-7,9H,8H2,1-3H3,(H,17,22)(H,20,21). The first-order valence-corrected chi connectivity index (χ1v) is 7.01. The highest BCUT2D eigenvalue weighted by atomic mass is 16.6. The number of carboxylic acid groups (broad SMARTS) is 1. The fourth-order valence-electron chi connectivity index (χ4n) is 1.98. The molecule has 0 aromatic carbocycles. The molecule has 0 aliphatic carbocycles. The van der Waals surface area contributed by atoms with Crippen molar-refractivity contribution in [2.24, 2.45) is 0 Å². The van der Waals surface area contributed by atoms with Gasteiger partial charge in [-0.1, -0.05) is 6.07 Å². The van der Waals surface area contributed by atoms with Crippen molar-refractivity contribution < 1.29 is 19.4 Å². The lowest BCUT2D eigenvalue weighted by Gasteiger charge is -2.19. The second-order valence-corrected chi connectivity index (χ2v) is 6.08. The third kappa shape index (κ3) is 4.32. The molecule has 2 heterocycles. The van der Waals surface area contributed by atoms with Crippen LogP contribution in [0.25, 0.3) is 5.52 Å². The van der Waals surface area contributed by atoms with Crippen LogP contribution >= 0.6 is 0 Å². The summed E-state index contributed by atoms with van der Waals surface area (Å²) >= 11 is 0. The summed E-state index contributed by atoms with van der Waals surface area (Å²) in [7, 11) is 0. The molecule has 7 heteroatoms. The zero-order valence-electron chi connectivity index (χ0n) is 13.1. The van der Waals surface area contributed by atoms with Crippen LogP contribution in [0.3, 0.4) is 0 Å². The number of hydrogen-bond acceptors (Lipinski definition) is 4. The Morgan fingerprint density at radius 1 is 1.26 bits per heavy atom. The number of aromatic nitrogens is 1. The Hall–Kier alpha value is -2.83. The Labute approximate surface area is 132 Å². The first kappa shape index (κ1) is 16.5. The molecule has 2 rings (SSSR count). The van der Waals surface area contributed by atoms with Crippen molar-refractivity contribution in [1.82, 2.24) is 9.72 Å². The van der Waals surface area contributed by atoms with Crippen LogP contribution in [0, 0.1) is 0 Å². The van der Waals surface area contributed by atoms with Crippen LogP contribution in [0.4, 0.5) is 4.79 Å². The second kappa shape index (κ2) is 6.12. The third-order valence-electron chi connectivity index (χ3n) is 2.94. The predicted molar refractivity (Wildman–Crippen MR) is 83.7 cm³/mol. The van der Waals surface area contributed by atoms with Gasteiger partial charge in [0.2, 0.25) is 0 Å². The van der Waals surface area contributed by atoms with Crippen LogP contribution in [0.1, 0.15) is 36.7 Å². The number of ether oxygens (including phenoxy) is 1. The summed E-state index contributed by atoms with van der Waals surface area (Å²) in [6, 6.07) is 5.80. The molecular weight excluding hydrogens is 300 g/mol. The lowest BCUT2D eigenvalue weighted by atomic mass is 10.2. The maximum absolute atomic E-state index is 12.0. The number of carboxylic acids is 1. The Morgan fingerprint density at radius 2 is 1.96 bits per heavy atom. The molecule has 0 saturated carbocycles. The van der Waals surface area contributed by atoms with Crippen molar-refractivity contribution in [2.75, 3.05) is 0 Å². The van der Waals surface area contributed by atoms with Crippen molar-refractivity contribution >= 4 is 17.6 Å². The Bertz CT molecular complexity index is 817. The normalized spacial score (nSPS) is 11.3. The van der Waals surface area contributed by atoms with E-state index in [1.54, 1.807) is 39.1 Å². The first-order valence-electron chi connectivity index (χ1n) is 7.01. The largest absolute Gasteiger partial charge is 0.478 e. The van der Waals surface area contributed by atoms with Crippen molar-refractivity contribution in [3.05, 3.63) is 51.9 Å². The van der Waals surface area contributed by atoms with E-state index in [0.717, 1.165) is 6.07 Å². The van der Waals surface area contributed by atoms with Gasteiger partial charge in [-0.2, -0.15) is 0 Å². The summed E-state index contributed by atoms with van der Waals surface area (Å²) < 4.78 is 6.46. The van der Waals surface area contributed by atoms with Crippen molar-refractivity contribution in [2.45, 2.75) is 32.9 Å². The molecule has 0 aliphatic heterocycles. The van der Waals surface area contributed by atoms with Gasteiger partial charge >= 0.3 is 12.1 Å². The van der Waals surface area contributed by atoms with E-state index in [1.807, 2.05) is 0 Å². The van der Waals surface area contributed by atoms with Crippen molar-refractivity contribution in [3.63, 3.8) is 0 Å². The summed E-state index contributed by atoms with van der Waals surface area (Å²) in [6.07, 6.45) is 1.01. The minimum Gasteiger partial charge on any atom is -0.478 e. The summed E-state index contributed by atoms with van der Waals surface area (Å²) in [6.45, 7) is 5.49. The molecule has 0 spiro atoms. The fraction of sp³-hybridized carbons (Fsp3) is 0.312. The molecule has 1 amide bonds. The van der Waals surface area contributed by atoms with Crippen LogP contribution in [0.2, 0.25) is 0 Å².